The summed E-state index contributed by atoms with van der Waals surface area (Å²) >= 11 is 1.36. The van der Waals surface area contributed by atoms with Gasteiger partial charge < -0.3 is 10.6 Å². The Morgan fingerprint density at radius 3 is 2.65 bits per heavy atom. The Kier molecular flexibility index (Phi) is 4.84. The molecule has 2 N–H and O–H groups in total. The number of amides is 2. The molecule has 6 heteroatoms. The number of carbonyl (C=O) groups excluding carboxylic acids is 2. The quantitative estimate of drug-likeness (QED) is 0.887. The normalized spacial score (nSPS) is 11.7. The Morgan fingerprint density at radius 1 is 1.30 bits per heavy atom. The third-order valence-electron chi connectivity index (χ3n) is 2.65. The van der Waals surface area contributed by atoms with E-state index in [1.54, 1.807) is 11.6 Å². The average molecular weight is 289 g/mol. The Labute approximate surface area is 121 Å². The van der Waals surface area contributed by atoms with Gasteiger partial charge >= 0.3 is 0 Å². The van der Waals surface area contributed by atoms with Crippen LogP contribution in [-0.4, -0.2) is 16.8 Å². The first kappa shape index (κ1) is 14.2. The number of carbonyl (C=O) groups is 2. The van der Waals surface area contributed by atoms with Gasteiger partial charge in [-0.1, -0.05) is 30.3 Å². The highest BCUT2D eigenvalue weighted by Gasteiger charge is 2.17. The maximum Gasteiger partial charge on any atom is 0.228 e. The third kappa shape index (κ3) is 4.17. The fourth-order valence-corrected chi connectivity index (χ4v) is 2.37. The van der Waals surface area contributed by atoms with Crippen molar-refractivity contribution in [1.29, 1.82) is 0 Å². The van der Waals surface area contributed by atoms with Crippen LogP contribution in [0.2, 0.25) is 0 Å². The van der Waals surface area contributed by atoms with Crippen LogP contribution < -0.4 is 10.6 Å². The second-order valence-corrected chi connectivity index (χ2v) is 5.15. The van der Waals surface area contributed by atoms with Crippen molar-refractivity contribution in [3.8, 4) is 0 Å². The van der Waals surface area contributed by atoms with Gasteiger partial charge in [-0.3, -0.25) is 9.59 Å². The van der Waals surface area contributed by atoms with E-state index in [1.807, 2.05) is 30.3 Å². The van der Waals surface area contributed by atoms with Crippen LogP contribution in [0.3, 0.4) is 0 Å². The molecule has 0 fully saturated rings. The molecule has 0 unspecified atom stereocenters. The summed E-state index contributed by atoms with van der Waals surface area (Å²) in [5.74, 6) is -0.344. The summed E-state index contributed by atoms with van der Waals surface area (Å²) in [6.45, 7) is 1.44. The van der Waals surface area contributed by atoms with Crippen LogP contribution in [0.15, 0.2) is 41.9 Å². The molecule has 0 saturated carbocycles. The van der Waals surface area contributed by atoms with Crippen LogP contribution in [0.1, 0.15) is 24.9 Å². The van der Waals surface area contributed by atoms with Crippen molar-refractivity contribution in [3.63, 3.8) is 0 Å². The first-order valence-corrected chi connectivity index (χ1v) is 7.04. The van der Waals surface area contributed by atoms with E-state index in [0.717, 1.165) is 5.56 Å². The van der Waals surface area contributed by atoms with E-state index in [-0.39, 0.29) is 24.3 Å². The highest BCUT2D eigenvalue weighted by molar-refractivity contribution is 7.13. The summed E-state index contributed by atoms with van der Waals surface area (Å²) < 4.78 is 0. The van der Waals surface area contributed by atoms with E-state index in [0.29, 0.717) is 5.13 Å². The van der Waals surface area contributed by atoms with Crippen molar-refractivity contribution >= 4 is 28.3 Å². The lowest BCUT2D eigenvalue weighted by atomic mass is 10.0. The molecule has 0 bridgehead atoms. The van der Waals surface area contributed by atoms with Crippen LogP contribution >= 0.6 is 11.3 Å². The van der Waals surface area contributed by atoms with Gasteiger partial charge in [-0.2, -0.15) is 0 Å². The molecule has 1 heterocycles. The van der Waals surface area contributed by atoms with Gasteiger partial charge in [0, 0.05) is 18.5 Å². The lowest BCUT2D eigenvalue weighted by Gasteiger charge is -2.17. The maximum atomic E-state index is 12.0. The molecule has 104 valence electrons. The number of hydrogen-bond acceptors (Lipinski definition) is 4. The fourth-order valence-electron chi connectivity index (χ4n) is 1.82. The van der Waals surface area contributed by atoms with Gasteiger partial charge in [0.1, 0.15) is 0 Å². The van der Waals surface area contributed by atoms with Crippen LogP contribution in [0.5, 0.6) is 0 Å². The first-order chi connectivity index (χ1) is 9.65. The molecule has 2 amide bonds. The van der Waals surface area contributed by atoms with E-state index < -0.39 is 0 Å². The van der Waals surface area contributed by atoms with E-state index in [4.69, 9.17) is 0 Å². The Morgan fingerprint density at radius 2 is 2.05 bits per heavy atom. The predicted octanol–water partition coefficient (Wildman–Crippen LogP) is 2.35. The number of thiazole rings is 1. The van der Waals surface area contributed by atoms with Crippen LogP contribution in [0, 0.1) is 0 Å². The minimum absolute atomic E-state index is 0.166. The highest BCUT2D eigenvalue weighted by atomic mass is 32.1. The van der Waals surface area contributed by atoms with Gasteiger partial charge in [0.2, 0.25) is 11.8 Å². The Balaban J connectivity index is 2.04. The SMILES string of the molecule is CC(=O)N[C@@H](CC(=O)Nc1nccs1)c1ccccc1. The maximum absolute atomic E-state index is 12.0. The van der Waals surface area contributed by atoms with E-state index in [9.17, 15) is 9.59 Å². The molecule has 2 rings (SSSR count). The minimum Gasteiger partial charge on any atom is -0.349 e. The smallest absolute Gasteiger partial charge is 0.228 e. The largest absolute Gasteiger partial charge is 0.349 e. The minimum atomic E-state index is -0.339. The summed E-state index contributed by atoms with van der Waals surface area (Å²) in [4.78, 5) is 27.2. The molecule has 20 heavy (non-hydrogen) atoms. The van der Waals surface area contributed by atoms with Crippen LogP contribution in [-0.2, 0) is 9.59 Å². The van der Waals surface area contributed by atoms with Gasteiger partial charge in [0.25, 0.3) is 0 Å². The van der Waals surface area contributed by atoms with Gasteiger partial charge in [-0.05, 0) is 5.56 Å². The highest BCUT2D eigenvalue weighted by Crippen LogP contribution is 2.18. The fraction of sp³-hybridized carbons (Fsp3) is 0.214. The molecule has 1 aromatic carbocycles. The van der Waals surface area contributed by atoms with E-state index in [1.165, 1.54) is 18.3 Å². The number of rotatable bonds is 5. The number of nitrogens with one attached hydrogen (secondary N) is 2. The number of aromatic nitrogens is 1. The van der Waals surface area contributed by atoms with Crippen molar-refractivity contribution in [2.24, 2.45) is 0 Å². The van der Waals surface area contributed by atoms with Crippen molar-refractivity contribution < 1.29 is 9.59 Å². The molecule has 1 atom stereocenters. The number of nitrogens with zero attached hydrogens (tertiary/aromatic N) is 1. The molecular weight excluding hydrogens is 274 g/mol. The molecule has 0 radical (unpaired) electrons. The molecule has 0 aliphatic rings. The molecular formula is C14H15N3O2S. The average Bonchev–Trinajstić information content (AvgIpc) is 2.91. The lowest BCUT2D eigenvalue weighted by molar-refractivity contribution is -0.120. The van der Waals surface area contributed by atoms with Gasteiger partial charge in [0.05, 0.1) is 12.5 Å². The lowest BCUT2D eigenvalue weighted by Crippen LogP contribution is -2.29. The zero-order chi connectivity index (χ0) is 14.4. The summed E-state index contributed by atoms with van der Waals surface area (Å²) in [5.41, 5.74) is 0.900. The molecule has 0 aliphatic carbocycles. The monoisotopic (exact) mass is 289 g/mol. The first-order valence-electron chi connectivity index (χ1n) is 6.16. The summed E-state index contributed by atoms with van der Waals surface area (Å²) in [5, 5.41) is 7.85. The number of anilines is 1. The van der Waals surface area contributed by atoms with Crippen molar-refractivity contribution in [2.75, 3.05) is 5.32 Å². The predicted molar refractivity (Wildman–Crippen MR) is 78.4 cm³/mol. The van der Waals surface area contributed by atoms with Crippen LogP contribution in [0.4, 0.5) is 5.13 Å². The zero-order valence-corrected chi connectivity index (χ0v) is 11.8. The molecule has 0 aliphatic heterocycles. The Hall–Kier alpha value is -2.21. The molecule has 2 aromatic rings. The molecule has 0 spiro atoms. The summed E-state index contributed by atoms with van der Waals surface area (Å²) in [6.07, 6.45) is 1.80. The van der Waals surface area contributed by atoms with Gasteiger partial charge in [-0.15, -0.1) is 11.3 Å². The topological polar surface area (TPSA) is 71.1 Å². The van der Waals surface area contributed by atoms with Crippen LogP contribution in [0.25, 0.3) is 0 Å². The zero-order valence-electron chi connectivity index (χ0n) is 11.0. The third-order valence-corrected chi connectivity index (χ3v) is 3.34. The van der Waals surface area contributed by atoms with E-state index in [2.05, 4.69) is 15.6 Å². The van der Waals surface area contributed by atoms with Crippen molar-refractivity contribution in [2.45, 2.75) is 19.4 Å². The van der Waals surface area contributed by atoms with Gasteiger partial charge in [0.15, 0.2) is 5.13 Å². The second kappa shape index (κ2) is 6.81. The van der Waals surface area contributed by atoms with Crippen molar-refractivity contribution in [3.05, 3.63) is 47.5 Å². The standard InChI is InChI=1S/C14H15N3O2S/c1-10(18)16-12(11-5-3-2-4-6-11)9-13(19)17-14-15-7-8-20-14/h2-8,12H,9H2,1H3,(H,16,18)(H,15,17,19)/t12-/m0/s1. The van der Waals surface area contributed by atoms with Crippen molar-refractivity contribution in [1.82, 2.24) is 10.3 Å². The molecule has 1 aromatic heterocycles. The molecule has 0 saturated heterocycles. The number of hydrogen-bond donors (Lipinski definition) is 2. The van der Waals surface area contributed by atoms with E-state index >= 15 is 0 Å². The number of benzene rings is 1. The second-order valence-electron chi connectivity index (χ2n) is 4.25. The summed E-state index contributed by atoms with van der Waals surface area (Å²) in [6, 6.07) is 9.08. The summed E-state index contributed by atoms with van der Waals surface area (Å²) in [7, 11) is 0. The molecule has 5 nitrogen and oxygen atoms in total. The Bertz CT molecular complexity index is 569. The van der Waals surface area contributed by atoms with Gasteiger partial charge in [-0.25, -0.2) is 4.98 Å².